The molecule has 0 unspecified atom stereocenters. The number of nitrogens with zero attached hydrogens (tertiary/aromatic N) is 1. The van der Waals surface area contributed by atoms with Gasteiger partial charge in [0, 0.05) is 18.5 Å². The van der Waals surface area contributed by atoms with E-state index in [0.717, 1.165) is 42.2 Å². The number of benzene rings is 2. The largest absolute Gasteiger partial charge is 0.497 e. The van der Waals surface area contributed by atoms with Gasteiger partial charge in [0.15, 0.2) is 0 Å². The fourth-order valence-corrected chi connectivity index (χ4v) is 4.42. The predicted molar refractivity (Wildman–Crippen MR) is 138 cm³/mol. The van der Waals surface area contributed by atoms with Gasteiger partial charge in [0.2, 0.25) is 0 Å². The normalized spacial score (nSPS) is 14.6. The quantitative estimate of drug-likeness (QED) is 0.214. The van der Waals surface area contributed by atoms with Crippen molar-refractivity contribution in [3.05, 3.63) is 71.3 Å². The first kappa shape index (κ1) is 27.3. The Balaban J connectivity index is 1.31. The van der Waals surface area contributed by atoms with Crippen LogP contribution in [-0.4, -0.2) is 31.2 Å². The van der Waals surface area contributed by atoms with Crippen LogP contribution >= 0.6 is 0 Å². The van der Waals surface area contributed by atoms with E-state index in [9.17, 15) is 18.0 Å². The van der Waals surface area contributed by atoms with Crippen LogP contribution in [0, 0.1) is 0 Å². The molecule has 2 aromatic carbocycles. The molecule has 1 aliphatic rings. The molecule has 0 amide bonds. The average molecular weight is 529 g/mol. The highest BCUT2D eigenvalue weighted by Gasteiger charge is 2.34. The Bertz CT molecular complexity index is 1250. The number of ether oxygens (including phenoxy) is 3. The van der Waals surface area contributed by atoms with E-state index in [1.807, 2.05) is 25.1 Å². The minimum atomic E-state index is -4.53. The number of carbonyl (C=O) groups is 1. The van der Waals surface area contributed by atoms with Gasteiger partial charge in [-0.3, -0.25) is 4.79 Å². The SMILES string of the molecule is CCCC(=O)O[C@H]1CCc2cc(OCCCNc3ccc(C(F)(F)F)c(-c4ccc(OC)cc4)n3)ccc21. The number of hydrogen-bond donors (Lipinski definition) is 1. The van der Waals surface area contributed by atoms with E-state index >= 15 is 0 Å². The molecular formula is C29H31F3N2O4. The number of aryl methyl sites for hydroxylation is 1. The van der Waals surface area contributed by atoms with Crippen LogP contribution in [-0.2, 0) is 22.1 Å². The van der Waals surface area contributed by atoms with Gasteiger partial charge in [-0.05, 0) is 85.3 Å². The summed E-state index contributed by atoms with van der Waals surface area (Å²) in [7, 11) is 1.50. The molecule has 1 heterocycles. The molecule has 0 spiro atoms. The molecule has 0 aliphatic heterocycles. The van der Waals surface area contributed by atoms with Crippen molar-refractivity contribution in [3.63, 3.8) is 0 Å². The minimum Gasteiger partial charge on any atom is -0.497 e. The molecule has 6 nitrogen and oxygen atoms in total. The van der Waals surface area contributed by atoms with Crippen molar-refractivity contribution < 1.29 is 32.2 Å². The second-order valence-corrected chi connectivity index (χ2v) is 9.08. The van der Waals surface area contributed by atoms with Crippen LogP contribution in [0.15, 0.2) is 54.6 Å². The summed E-state index contributed by atoms with van der Waals surface area (Å²) < 4.78 is 57.3. The van der Waals surface area contributed by atoms with Crippen LogP contribution in [0.3, 0.4) is 0 Å². The lowest BCUT2D eigenvalue weighted by Crippen LogP contribution is -2.12. The van der Waals surface area contributed by atoms with Gasteiger partial charge in [-0.15, -0.1) is 0 Å². The predicted octanol–water partition coefficient (Wildman–Crippen LogP) is 6.99. The highest BCUT2D eigenvalue weighted by atomic mass is 19.4. The topological polar surface area (TPSA) is 69.7 Å². The minimum absolute atomic E-state index is 0.141. The second-order valence-electron chi connectivity index (χ2n) is 9.08. The fourth-order valence-electron chi connectivity index (χ4n) is 4.42. The van der Waals surface area contributed by atoms with Gasteiger partial charge in [0.1, 0.15) is 23.4 Å². The summed E-state index contributed by atoms with van der Waals surface area (Å²) in [6, 6.07) is 14.5. The van der Waals surface area contributed by atoms with Crippen molar-refractivity contribution in [1.82, 2.24) is 4.98 Å². The first-order valence-corrected chi connectivity index (χ1v) is 12.7. The van der Waals surface area contributed by atoms with Gasteiger partial charge in [0.25, 0.3) is 0 Å². The van der Waals surface area contributed by atoms with Crippen molar-refractivity contribution in [3.8, 4) is 22.8 Å². The molecule has 0 saturated heterocycles. The molecule has 0 fully saturated rings. The molecule has 1 aromatic heterocycles. The Morgan fingerprint density at radius 1 is 1.08 bits per heavy atom. The summed E-state index contributed by atoms with van der Waals surface area (Å²) in [5.74, 6) is 1.47. The smallest absolute Gasteiger partial charge is 0.418 e. The summed E-state index contributed by atoms with van der Waals surface area (Å²) in [4.78, 5) is 16.1. The lowest BCUT2D eigenvalue weighted by Gasteiger charge is -2.15. The Hall–Kier alpha value is -3.75. The number of aromatic nitrogens is 1. The maximum absolute atomic E-state index is 13.6. The van der Waals surface area contributed by atoms with Gasteiger partial charge >= 0.3 is 12.1 Å². The van der Waals surface area contributed by atoms with Gasteiger partial charge in [-0.2, -0.15) is 13.2 Å². The molecule has 9 heteroatoms. The van der Waals surface area contributed by atoms with Crippen molar-refractivity contribution in [2.75, 3.05) is 25.6 Å². The molecule has 0 saturated carbocycles. The molecule has 0 radical (unpaired) electrons. The number of halogens is 3. The summed E-state index contributed by atoms with van der Waals surface area (Å²) in [6.45, 7) is 2.84. The molecule has 3 aromatic rings. The molecule has 202 valence electrons. The number of nitrogens with one attached hydrogen (secondary N) is 1. The molecule has 1 aliphatic carbocycles. The molecule has 1 N–H and O–H groups in total. The van der Waals surface area contributed by atoms with Crippen LogP contribution in [0.1, 0.15) is 55.4 Å². The van der Waals surface area contributed by atoms with Crippen LogP contribution in [0.25, 0.3) is 11.3 Å². The highest BCUT2D eigenvalue weighted by molar-refractivity contribution is 5.70. The Morgan fingerprint density at radius 2 is 1.84 bits per heavy atom. The Labute approximate surface area is 220 Å². The zero-order valence-corrected chi connectivity index (χ0v) is 21.4. The number of anilines is 1. The number of fused-ring (bicyclic) bond motifs is 1. The lowest BCUT2D eigenvalue weighted by molar-refractivity contribution is -0.149. The number of carbonyl (C=O) groups excluding carboxylic acids is 1. The third-order valence-corrected chi connectivity index (χ3v) is 6.33. The number of alkyl halides is 3. The lowest BCUT2D eigenvalue weighted by atomic mass is 10.1. The zero-order chi connectivity index (χ0) is 27.1. The Kier molecular flexibility index (Phi) is 8.76. The number of esters is 1. The summed E-state index contributed by atoms with van der Waals surface area (Å²) >= 11 is 0. The maximum Gasteiger partial charge on any atom is 0.418 e. The van der Waals surface area contributed by atoms with Crippen molar-refractivity contribution >= 4 is 11.8 Å². The molecule has 38 heavy (non-hydrogen) atoms. The number of pyridine rings is 1. The number of methoxy groups -OCH3 is 1. The molecular weight excluding hydrogens is 497 g/mol. The zero-order valence-electron chi connectivity index (χ0n) is 21.4. The van der Waals surface area contributed by atoms with Gasteiger partial charge < -0.3 is 19.5 Å². The third-order valence-electron chi connectivity index (χ3n) is 6.33. The fraction of sp³-hybridized carbons (Fsp3) is 0.379. The second kappa shape index (κ2) is 12.2. The van der Waals surface area contributed by atoms with Crippen molar-refractivity contribution in [2.45, 2.75) is 51.3 Å². The molecule has 4 rings (SSSR count). The first-order chi connectivity index (χ1) is 18.3. The van der Waals surface area contributed by atoms with Gasteiger partial charge in [-0.25, -0.2) is 4.98 Å². The monoisotopic (exact) mass is 528 g/mol. The van der Waals surface area contributed by atoms with Gasteiger partial charge in [-0.1, -0.05) is 13.0 Å². The van der Waals surface area contributed by atoms with E-state index in [1.165, 1.54) is 13.2 Å². The molecule has 1 atom stereocenters. The molecule has 0 bridgehead atoms. The van der Waals surface area contributed by atoms with Gasteiger partial charge in [0.05, 0.1) is 25.0 Å². The van der Waals surface area contributed by atoms with Crippen LogP contribution < -0.4 is 14.8 Å². The van der Waals surface area contributed by atoms with E-state index in [4.69, 9.17) is 14.2 Å². The van der Waals surface area contributed by atoms with Crippen LogP contribution in [0.2, 0.25) is 0 Å². The highest BCUT2D eigenvalue weighted by Crippen LogP contribution is 2.38. The van der Waals surface area contributed by atoms with E-state index in [1.54, 1.807) is 24.3 Å². The number of hydrogen-bond acceptors (Lipinski definition) is 6. The first-order valence-electron chi connectivity index (χ1n) is 12.7. The maximum atomic E-state index is 13.6. The number of rotatable bonds is 11. The van der Waals surface area contributed by atoms with E-state index in [0.29, 0.717) is 43.1 Å². The van der Waals surface area contributed by atoms with Crippen molar-refractivity contribution in [2.24, 2.45) is 0 Å². The summed E-state index contributed by atoms with van der Waals surface area (Å²) in [6.07, 6.45) is -1.31. The standard InChI is InChI=1S/C29H31F3N2O4/c1-3-5-27(35)38-25-14-8-20-18-22(11-12-23(20)25)37-17-4-16-33-26-15-13-24(29(30,31)32)28(34-26)19-6-9-21(36-2)10-7-19/h6-7,9-13,15,18,25H,3-5,8,14,16-17H2,1-2H3,(H,33,34)/t25-/m0/s1. The van der Waals surface area contributed by atoms with E-state index in [2.05, 4.69) is 10.3 Å². The average Bonchev–Trinajstić information content (AvgIpc) is 3.29. The van der Waals surface area contributed by atoms with E-state index in [-0.39, 0.29) is 17.8 Å². The Morgan fingerprint density at radius 3 is 2.55 bits per heavy atom. The summed E-state index contributed by atoms with van der Waals surface area (Å²) in [5.41, 5.74) is 1.57. The van der Waals surface area contributed by atoms with Crippen LogP contribution in [0.4, 0.5) is 19.0 Å². The van der Waals surface area contributed by atoms with Crippen molar-refractivity contribution in [1.29, 1.82) is 0 Å². The van der Waals surface area contributed by atoms with E-state index < -0.39 is 11.7 Å². The third kappa shape index (κ3) is 6.76. The van der Waals surface area contributed by atoms with Crippen LogP contribution in [0.5, 0.6) is 11.5 Å². The summed E-state index contributed by atoms with van der Waals surface area (Å²) in [5, 5.41) is 3.09.